The van der Waals surface area contributed by atoms with Crippen LogP contribution >= 0.6 is 24.0 Å². The van der Waals surface area contributed by atoms with Crippen LogP contribution in [0.5, 0.6) is 0 Å². The molecule has 1 fully saturated rings. The van der Waals surface area contributed by atoms with Gasteiger partial charge in [-0.05, 0) is 47.5 Å². The second-order valence-electron chi connectivity index (χ2n) is 6.49. The summed E-state index contributed by atoms with van der Waals surface area (Å²) in [6.07, 6.45) is 5.29. The van der Waals surface area contributed by atoms with Crippen molar-refractivity contribution in [2.45, 2.75) is 0 Å². The van der Waals surface area contributed by atoms with E-state index >= 15 is 0 Å². The van der Waals surface area contributed by atoms with Gasteiger partial charge in [0.1, 0.15) is 16.0 Å². The standard InChI is InChI=1S/C23H19F2NOS2/c1-2-11-29-23(28)26-14-18(12-16-3-7-20(24)8-4-16)22(27)19(15-26)13-17-5-9-21(25)10-6-17/h2-10,12-13H,1,11,14-15H2/b18-12+,19-13+. The average Bonchev–Trinajstić information content (AvgIpc) is 2.72. The van der Waals surface area contributed by atoms with Gasteiger partial charge in [0.2, 0.25) is 0 Å². The Balaban J connectivity index is 1.95. The lowest BCUT2D eigenvalue weighted by molar-refractivity contribution is -0.113. The number of hydrogen-bond acceptors (Lipinski definition) is 3. The zero-order valence-electron chi connectivity index (χ0n) is 15.6. The summed E-state index contributed by atoms with van der Waals surface area (Å²) in [6.45, 7) is 4.46. The molecule has 1 saturated heterocycles. The van der Waals surface area contributed by atoms with Gasteiger partial charge in [-0.15, -0.1) is 6.58 Å². The fourth-order valence-corrected chi connectivity index (χ4v) is 3.82. The first-order chi connectivity index (χ1) is 14.0. The van der Waals surface area contributed by atoms with E-state index in [1.54, 1.807) is 42.5 Å². The van der Waals surface area contributed by atoms with Gasteiger partial charge in [0, 0.05) is 30.0 Å². The van der Waals surface area contributed by atoms with Crippen molar-refractivity contribution in [3.05, 3.63) is 95.1 Å². The average molecular weight is 428 g/mol. The molecule has 0 atom stereocenters. The minimum atomic E-state index is -0.331. The highest BCUT2D eigenvalue weighted by atomic mass is 32.2. The molecule has 6 heteroatoms. The summed E-state index contributed by atoms with van der Waals surface area (Å²) in [6, 6.07) is 11.9. The van der Waals surface area contributed by atoms with Crippen LogP contribution in [0.25, 0.3) is 12.2 Å². The van der Waals surface area contributed by atoms with Gasteiger partial charge in [0.05, 0.1) is 0 Å². The second-order valence-corrected chi connectivity index (χ2v) is 8.15. The molecule has 0 spiro atoms. The number of halogens is 2. The molecule has 0 saturated carbocycles. The van der Waals surface area contributed by atoms with Crippen molar-refractivity contribution in [3.8, 4) is 0 Å². The van der Waals surface area contributed by atoms with E-state index in [1.165, 1.54) is 36.0 Å². The van der Waals surface area contributed by atoms with Gasteiger partial charge >= 0.3 is 0 Å². The van der Waals surface area contributed by atoms with Crippen molar-refractivity contribution in [1.29, 1.82) is 0 Å². The Hall–Kier alpha value is -2.57. The molecule has 29 heavy (non-hydrogen) atoms. The van der Waals surface area contributed by atoms with Gasteiger partial charge in [-0.2, -0.15) is 0 Å². The number of thioether (sulfide) groups is 1. The van der Waals surface area contributed by atoms with Crippen molar-refractivity contribution in [2.75, 3.05) is 18.8 Å². The Kier molecular flexibility index (Phi) is 7.12. The lowest BCUT2D eigenvalue weighted by atomic mass is 9.94. The maximum absolute atomic E-state index is 13.2. The first-order valence-electron chi connectivity index (χ1n) is 8.96. The van der Waals surface area contributed by atoms with Crippen LogP contribution in [0, 0.1) is 11.6 Å². The molecule has 2 nitrogen and oxygen atoms in total. The molecule has 0 amide bonds. The number of carbonyl (C=O) groups is 1. The predicted octanol–water partition coefficient (Wildman–Crippen LogP) is 5.52. The summed E-state index contributed by atoms with van der Waals surface area (Å²) in [7, 11) is 0. The quantitative estimate of drug-likeness (QED) is 0.364. The van der Waals surface area contributed by atoms with Crippen molar-refractivity contribution in [2.24, 2.45) is 0 Å². The summed E-state index contributed by atoms with van der Waals surface area (Å²) < 4.78 is 27.1. The van der Waals surface area contributed by atoms with E-state index in [2.05, 4.69) is 6.58 Å². The Bertz CT molecular complexity index is 911. The number of carbonyl (C=O) groups excluding carboxylic acids is 1. The maximum Gasteiger partial charge on any atom is 0.188 e. The molecule has 1 heterocycles. The molecule has 0 aromatic heterocycles. The minimum absolute atomic E-state index is 0.0913. The van der Waals surface area contributed by atoms with Crippen molar-refractivity contribution < 1.29 is 13.6 Å². The molecule has 2 aromatic rings. The van der Waals surface area contributed by atoms with Crippen LogP contribution in [-0.4, -0.2) is 33.8 Å². The molecule has 3 rings (SSSR count). The Morgan fingerprint density at radius 1 is 0.966 bits per heavy atom. The van der Waals surface area contributed by atoms with Crippen LogP contribution < -0.4 is 0 Å². The third-order valence-corrected chi connectivity index (χ3v) is 5.83. The number of piperidine rings is 1. The monoisotopic (exact) mass is 427 g/mol. The fourth-order valence-electron chi connectivity index (χ4n) is 2.91. The second kappa shape index (κ2) is 9.76. The molecule has 0 radical (unpaired) electrons. The summed E-state index contributed by atoms with van der Waals surface area (Å²) in [5.41, 5.74) is 2.61. The highest BCUT2D eigenvalue weighted by Crippen LogP contribution is 2.25. The van der Waals surface area contributed by atoms with Gasteiger partial charge < -0.3 is 4.90 Å². The van der Waals surface area contributed by atoms with E-state index in [0.29, 0.717) is 34.3 Å². The Morgan fingerprint density at radius 3 is 1.83 bits per heavy atom. The molecule has 1 aliphatic heterocycles. The number of nitrogens with zero attached hydrogens (tertiary/aromatic N) is 1. The van der Waals surface area contributed by atoms with Gasteiger partial charge in [0.15, 0.2) is 5.78 Å². The summed E-state index contributed by atoms with van der Waals surface area (Å²) in [4.78, 5) is 15.0. The van der Waals surface area contributed by atoms with Crippen LogP contribution in [0.3, 0.4) is 0 Å². The predicted molar refractivity (Wildman–Crippen MR) is 121 cm³/mol. The molecular weight excluding hydrogens is 408 g/mol. The van der Waals surface area contributed by atoms with Crippen molar-refractivity contribution in [1.82, 2.24) is 4.90 Å². The molecule has 148 valence electrons. The lowest BCUT2D eigenvalue weighted by Gasteiger charge is -2.31. The number of benzene rings is 2. The summed E-state index contributed by atoms with van der Waals surface area (Å²) in [5.74, 6) is -0.0752. The van der Waals surface area contributed by atoms with Crippen LogP contribution in [0.15, 0.2) is 72.3 Å². The zero-order chi connectivity index (χ0) is 20.8. The molecule has 0 N–H and O–H groups in total. The third-order valence-electron chi connectivity index (χ3n) is 4.31. The summed E-state index contributed by atoms with van der Waals surface area (Å²) >= 11 is 7.00. The first-order valence-corrected chi connectivity index (χ1v) is 10.3. The Labute approximate surface area is 178 Å². The van der Waals surface area contributed by atoms with E-state index in [-0.39, 0.29) is 17.4 Å². The maximum atomic E-state index is 13.2. The molecule has 2 aromatic carbocycles. The normalized spacial score (nSPS) is 17.0. The first kappa shape index (κ1) is 21.1. The van der Waals surface area contributed by atoms with E-state index in [4.69, 9.17) is 12.2 Å². The van der Waals surface area contributed by atoms with E-state index in [0.717, 1.165) is 11.1 Å². The number of hydrogen-bond donors (Lipinski definition) is 0. The molecule has 1 aliphatic rings. The highest BCUT2D eigenvalue weighted by molar-refractivity contribution is 8.23. The third kappa shape index (κ3) is 5.71. The largest absolute Gasteiger partial charge is 0.349 e. The Morgan fingerprint density at radius 2 is 1.41 bits per heavy atom. The van der Waals surface area contributed by atoms with E-state index in [9.17, 15) is 13.6 Å². The smallest absolute Gasteiger partial charge is 0.188 e. The summed E-state index contributed by atoms with van der Waals surface area (Å²) in [5, 5.41) is 0. The van der Waals surface area contributed by atoms with E-state index < -0.39 is 0 Å². The van der Waals surface area contributed by atoms with Gasteiger partial charge in [-0.25, -0.2) is 8.78 Å². The van der Waals surface area contributed by atoms with Crippen molar-refractivity contribution in [3.63, 3.8) is 0 Å². The molecule has 0 aliphatic carbocycles. The lowest BCUT2D eigenvalue weighted by Crippen LogP contribution is -2.39. The molecule has 0 bridgehead atoms. The van der Waals surface area contributed by atoms with Crippen LogP contribution in [0.2, 0.25) is 0 Å². The number of ketones is 1. The molecule has 0 unspecified atom stereocenters. The number of Topliss-reactive ketones (excluding diaryl/α,β-unsaturated/α-hetero) is 1. The number of likely N-dealkylation sites (tertiary alicyclic amines) is 1. The van der Waals surface area contributed by atoms with Crippen LogP contribution in [0.1, 0.15) is 11.1 Å². The van der Waals surface area contributed by atoms with Crippen molar-refractivity contribution >= 4 is 46.2 Å². The zero-order valence-corrected chi connectivity index (χ0v) is 17.2. The van der Waals surface area contributed by atoms with E-state index in [1.807, 2.05) is 4.90 Å². The minimum Gasteiger partial charge on any atom is -0.349 e. The topological polar surface area (TPSA) is 20.3 Å². The van der Waals surface area contributed by atoms with Gasteiger partial charge in [0.25, 0.3) is 0 Å². The molecular formula is C23H19F2NOS2. The number of thiocarbonyl (C=S) groups is 1. The van der Waals surface area contributed by atoms with Crippen LogP contribution in [0.4, 0.5) is 8.78 Å². The fraction of sp³-hybridized carbons (Fsp3) is 0.130. The van der Waals surface area contributed by atoms with Gasteiger partial charge in [-0.3, -0.25) is 4.79 Å². The number of rotatable bonds is 4. The van der Waals surface area contributed by atoms with Gasteiger partial charge in [-0.1, -0.05) is 54.3 Å². The highest BCUT2D eigenvalue weighted by Gasteiger charge is 2.27. The van der Waals surface area contributed by atoms with Crippen LogP contribution in [-0.2, 0) is 4.79 Å². The SMILES string of the molecule is C=CCSC(=S)N1C/C(=C\c2ccc(F)cc2)C(=O)/C(=C/c2ccc(F)cc2)C1.